The second-order valence-electron chi connectivity index (χ2n) is 9.66. The molecule has 12 heteroatoms. The number of aromatic nitrogens is 1. The lowest BCUT2D eigenvalue weighted by atomic mass is 10.00. The number of carbonyl (C=O) groups is 1. The lowest BCUT2D eigenvalue weighted by Gasteiger charge is -2.25. The number of carbonyl (C=O) groups excluding carboxylic acids is 1. The summed E-state index contributed by atoms with van der Waals surface area (Å²) >= 11 is 0. The van der Waals surface area contributed by atoms with Crippen molar-refractivity contribution in [2.75, 3.05) is 37.4 Å². The Kier molecular flexibility index (Phi) is 11.7. The first-order valence-electron chi connectivity index (χ1n) is 13.1. The molecule has 0 bridgehead atoms. The van der Waals surface area contributed by atoms with E-state index < -0.39 is 39.7 Å². The van der Waals surface area contributed by atoms with Crippen molar-refractivity contribution in [1.82, 2.24) is 15.6 Å². The van der Waals surface area contributed by atoms with Crippen molar-refractivity contribution in [3.8, 4) is 0 Å². The summed E-state index contributed by atoms with van der Waals surface area (Å²) in [5, 5.41) is 17.0. The zero-order valence-corrected chi connectivity index (χ0v) is 24.1. The summed E-state index contributed by atoms with van der Waals surface area (Å²) in [5.41, 5.74) is 2.54. The minimum Gasteiger partial charge on any atom is -0.390 e. The van der Waals surface area contributed by atoms with E-state index in [1.165, 1.54) is 31.0 Å². The van der Waals surface area contributed by atoms with Gasteiger partial charge in [0.15, 0.2) is 0 Å². The van der Waals surface area contributed by atoms with Crippen molar-refractivity contribution in [1.29, 1.82) is 0 Å². The summed E-state index contributed by atoms with van der Waals surface area (Å²) < 4.78 is 58.4. The van der Waals surface area contributed by atoms with Crippen LogP contribution in [-0.4, -0.2) is 69.6 Å². The van der Waals surface area contributed by atoms with Crippen LogP contribution in [0.5, 0.6) is 0 Å². The number of nitrogens with zero attached hydrogens (tertiary/aromatic N) is 2. The number of benzene rings is 2. The molecule has 2 atom stereocenters. The predicted octanol–water partition coefficient (Wildman–Crippen LogP) is 2.83. The van der Waals surface area contributed by atoms with Gasteiger partial charge in [0.2, 0.25) is 10.0 Å². The maximum atomic E-state index is 13.9. The molecule has 2 aromatic carbocycles. The average molecular weight is 591 g/mol. The molecule has 0 aliphatic rings. The number of nitrogens with one attached hydrogen (secondary N) is 2. The molecule has 41 heavy (non-hydrogen) atoms. The molecule has 3 N–H and O–H groups in total. The fraction of sp³-hybridized carbons (Fsp3) is 0.379. The van der Waals surface area contributed by atoms with E-state index >= 15 is 0 Å². The van der Waals surface area contributed by atoms with Gasteiger partial charge in [0.1, 0.15) is 17.5 Å². The highest BCUT2D eigenvalue weighted by Crippen LogP contribution is 2.17. The third-order valence-electron chi connectivity index (χ3n) is 6.40. The second-order valence-corrected chi connectivity index (χ2v) is 11.6. The van der Waals surface area contributed by atoms with E-state index in [1.807, 2.05) is 18.2 Å². The number of aryl methyl sites for hydroxylation is 1. The van der Waals surface area contributed by atoms with Crippen molar-refractivity contribution < 1.29 is 31.8 Å². The number of amides is 1. The maximum absolute atomic E-state index is 13.9. The molecular formula is C29H36F2N4O5S. The number of rotatable bonds is 15. The number of aliphatic hydroxyl groups excluding tert-OH is 1. The van der Waals surface area contributed by atoms with Gasteiger partial charge in [-0.25, -0.2) is 22.2 Å². The van der Waals surface area contributed by atoms with Gasteiger partial charge in [0.25, 0.3) is 5.91 Å². The van der Waals surface area contributed by atoms with Gasteiger partial charge < -0.3 is 20.5 Å². The highest BCUT2D eigenvalue weighted by Gasteiger charge is 2.25. The number of hydrogen-bond donors (Lipinski definition) is 3. The van der Waals surface area contributed by atoms with Crippen LogP contribution in [0.25, 0.3) is 0 Å². The SMILES string of the molecule is CCc1cccc(CNC[C@H](O)[C@H](Cc2cc(F)cc(F)c2)NC(=O)c2ccnc(N(CCOC)S(C)(=O)=O)c2)c1. The van der Waals surface area contributed by atoms with Crippen molar-refractivity contribution in [3.63, 3.8) is 0 Å². The third kappa shape index (κ3) is 9.85. The molecule has 9 nitrogen and oxygen atoms in total. The first-order valence-corrected chi connectivity index (χ1v) is 15.0. The van der Waals surface area contributed by atoms with Crippen LogP contribution in [0.2, 0.25) is 0 Å². The maximum Gasteiger partial charge on any atom is 0.251 e. The van der Waals surface area contributed by atoms with Gasteiger partial charge in [-0.15, -0.1) is 0 Å². The van der Waals surface area contributed by atoms with Gasteiger partial charge in [-0.2, -0.15) is 0 Å². The van der Waals surface area contributed by atoms with Crippen LogP contribution in [0, 0.1) is 11.6 Å². The normalized spacial score (nSPS) is 13.0. The molecule has 0 fully saturated rings. The monoisotopic (exact) mass is 590 g/mol. The number of methoxy groups -OCH3 is 1. The zero-order valence-electron chi connectivity index (χ0n) is 23.3. The lowest BCUT2D eigenvalue weighted by molar-refractivity contribution is 0.0829. The summed E-state index contributed by atoms with van der Waals surface area (Å²) in [5.74, 6) is -2.14. The van der Waals surface area contributed by atoms with Crippen molar-refractivity contribution in [2.24, 2.45) is 0 Å². The fourth-order valence-corrected chi connectivity index (χ4v) is 5.15. The number of anilines is 1. The molecule has 1 aromatic heterocycles. The summed E-state index contributed by atoms with van der Waals surface area (Å²) in [6, 6.07) is 12.8. The van der Waals surface area contributed by atoms with E-state index in [9.17, 15) is 27.1 Å². The van der Waals surface area contributed by atoms with Crippen LogP contribution in [0.1, 0.15) is 34.0 Å². The average Bonchev–Trinajstić information content (AvgIpc) is 2.92. The Bertz CT molecular complexity index is 1400. The van der Waals surface area contributed by atoms with E-state index in [4.69, 9.17) is 4.74 Å². The lowest BCUT2D eigenvalue weighted by Crippen LogP contribution is -2.48. The minimum absolute atomic E-state index is 0.00723. The summed E-state index contributed by atoms with van der Waals surface area (Å²) in [7, 11) is -2.28. The topological polar surface area (TPSA) is 121 Å². The van der Waals surface area contributed by atoms with Gasteiger partial charge in [-0.05, 0) is 53.8 Å². The molecule has 222 valence electrons. The van der Waals surface area contributed by atoms with Crippen LogP contribution < -0.4 is 14.9 Å². The van der Waals surface area contributed by atoms with Crippen LogP contribution in [0.3, 0.4) is 0 Å². The smallest absolute Gasteiger partial charge is 0.251 e. The van der Waals surface area contributed by atoms with Crippen molar-refractivity contribution in [2.45, 2.75) is 38.5 Å². The van der Waals surface area contributed by atoms with Gasteiger partial charge in [0.05, 0.1) is 31.6 Å². The molecule has 0 radical (unpaired) electrons. The fourth-order valence-electron chi connectivity index (χ4n) is 4.30. The van der Waals surface area contributed by atoms with E-state index in [1.54, 1.807) is 0 Å². The molecule has 0 unspecified atom stereocenters. The largest absolute Gasteiger partial charge is 0.390 e. The predicted molar refractivity (Wildman–Crippen MR) is 153 cm³/mol. The molecular weight excluding hydrogens is 554 g/mol. The van der Waals surface area contributed by atoms with E-state index in [0.29, 0.717) is 6.54 Å². The zero-order chi connectivity index (χ0) is 30.0. The quantitative estimate of drug-likeness (QED) is 0.249. The molecule has 0 aliphatic heterocycles. The second kappa shape index (κ2) is 15.0. The minimum atomic E-state index is -3.72. The number of pyridine rings is 1. The molecule has 3 rings (SSSR count). The number of aliphatic hydroxyl groups is 1. The van der Waals surface area contributed by atoms with Gasteiger partial charge in [0, 0.05) is 38.0 Å². The Morgan fingerprint density at radius 3 is 2.44 bits per heavy atom. The molecule has 0 saturated heterocycles. The molecule has 0 saturated carbocycles. The van der Waals surface area contributed by atoms with Crippen LogP contribution >= 0.6 is 0 Å². The first kappa shape index (κ1) is 32.1. The van der Waals surface area contributed by atoms with Crippen LogP contribution in [0.4, 0.5) is 14.6 Å². The van der Waals surface area contributed by atoms with Crippen LogP contribution in [-0.2, 0) is 34.1 Å². The van der Waals surface area contributed by atoms with E-state index in [2.05, 4.69) is 28.6 Å². The Labute approximate surface area is 239 Å². The Balaban J connectivity index is 1.79. The number of hydrogen-bond acceptors (Lipinski definition) is 7. The highest BCUT2D eigenvalue weighted by atomic mass is 32.2. The van der Waals surface area contributed by atoms with Crippen LogP contribution in [0.15, 0.2) is 60.8 Å². The highest BCUT2D eigenvalue weighted by molar-refractivity contribution is 7.92. The Morgan fingerprint density at radius 1 is 1.07 bits per heavy atom. The molecule has 0 spiro atoms. The molecule has 0 aliphatic carbocycles. The van der Waals surface area contributed by atoms with Crippen molar-refractivity contribution in [3.05, 3.63) is 94.7 Å². The molecule has 1 amide bonds. The first-order chi connectivity index (χ1) is 19.5. The third-order valence-corrected chi connectivity index (χ3v) is 7.57. The summed E-state index contributed by atoms with van der Waals surface area (Å²) in [6.07, 6.45) is 2.02. The Hall–Kier alpha value is -3.45. The van der Waals surface area contributed by atoms with Crippen molar-refractivity contribution >= 4 is 21.7 Å². The summed E-state index contributed by atoms with van der Waals surface area (Å²) in [6.45, 7) is 2.71. The van der Waals surface area contributed by atoms with Gasteiger partial charge in [-0.1, -0.05) is 31.2 Å². The number of halogens is 2. The molecule has 1 heterocycles. The van der Waals surface area contributed by atoms with E-state index in [0.717, 1.165) is 40.7 Å². The standard InChI is InChI=1S/C29H36F2N4O5S/c1-4-20-6-5-7-21(12-20)18-32-19-27(36)26(15-22-13-24(30)17-25(31)14-22)34-29(37)23-8-9-33-28(16-23)35(10-11-40-2)41(3,38)39/h5-9,12-14,16-17,26-27,32,36H,4,10-11,15,18-19H2,1-3H3,(H,34,37)/t26-,27-/m0/s1. The summed E-state index contributed by atoms with van der Waals surface area (Å²) in [4.78, 5) is 17.4. The van der Waals surface area contributed by atoms with Gasteiger partial charge in [-0.3, -0.25) is 9.10 Å². The van der Waals surface area contributed by atoms with Gasteiger partial charge >= 0.3 is 0 Å². The molecule has 3 aromatic rings. The van der Waals surface area contributed by atoms with E-state index in [-0.39, 0.29) is 43.1 Å². The number of sulfonamides is 1. The Morgan fingerprint density at radius 2 is 1.78 bits per heavy atom. The number of ether oxygens (including phenoxy) is 1.